The predicted octanol–water partition coefficient (Wildman–Crippen LogP) is 4.14. The predicted molar refractivity (Wildman–Crippen MR) is 119 cm³/mol. The van der Waals surface area contributed by atoms with Crippen molar-refractivity contribution in [3.63, 3.8) is 0 Å². The second-order valence-electron chi connectivity index (χ2n) is 6.86. The number of hydrogen-bond donors (Lipinski definition) is 1. The lowest BCUT2D eigenvalue weighted by atomic mass is 9.95. The maximum Gasteiger partial charge on any atom is 0.273 e. The number of halogens is 3. The van der Waals surface area contributed by atoms with E-state index in [1.807, 2.05) is 6.07 Å². The van der Waals surface area contributed by atoms with Gasteiger partial charge in [0.25, 0.3) is 11.5 Å². The average molecular weight is 475 g/mol. The molecule has 0 bridgehead atoms. The second-order valence-corrected chi connectivity index (χ2v) is 8.20. The van der Waals surface area contributed by atoms with Gasteiger partial charge in [0, 0.05) is 22.7 Å². The maximum absolute atomic E-state index is 12.8. The molecule has 1 aliphatic heterocycles. The summed E-state index contributed by atoms with van der Waals surface area (Å²) in [5.41, 5.74) is 3.72. The van der Waals surface area contributed by atoms with E-state index in [1.165, 1.54) is 16.6 Å². The summed E-state index contributed by atoms with van der Waals surface area (Å²) >= 11 is 18.1. The van der Waals surface area contributed by atoms with Crippen LogP contribution in [0.1, 0.15) is 17.2 Å². The fourth-order valence-corrected chi connectivity index (χ4v) is 3.90. The Kier molecular flexibility index (Phi) is 5.63. The Labute approximate surface area is 192 Å². The highest BCUT2D eigenvalue weighted by Crippen LogP contribution is 2.38. The summed E-state index contributed by atoms with van der Waals surface area (Å²) in [5.74, 6) is -0.280. The molecule has 156 valence electrons. The molecule has 2 aromatic carbocycles. The zero-order chi connectivity index (χ0) is 22.3. The highest BCUT2D eigenvalue weighted by atomic mass is 35.5. The quantitative estimate of drug-likeness (QED) is 0.453. The molecule has 10 heteroatoms. The smallest absolute Gasteiger partial charge is 0.273 e. The summed E-state index contributed by atoms with van der Waals surface area (Å²) in [4.78, 5) is 29.7. The summed E-state index contributed by atoms with van der Waals surface area (Å²) in [6.07, 6.45) is 0. The SMILES string of the molecule is Cn1c(NN2C(=O)C(Cl)C2c2ccc(Cl)cc2)nc(-c2ccc(Cl)cc2)c(C#N)c1=O. The Morgan fingerprint density at radius 1 is 1.03 bits per heavy atom. The largest absolute Gasteiger partial charge is 0.279 e. The van der Waals surface area contributed by atoms with E-state index >= 15 is 0 Å². The number of anilines is 1. The molecule has 0 saturated carbocycles. The van der Waals surface area contributed by atoms with Crippen LogP contribution in [0.25, 0.3) is 11.3 Å². The van der Waals surface area contributed by atoms with Gasteiger partial charge in [0.05, 0.1) is 5.69 Å². The molecule has 1 aliphatic rings. The molecule has 2 heterocycles. The number of nitrogens with zero attached hydrogens (tertiary/aromatic N) is 4. The standard InChI is InChI=1S/C21H14Cl3N5O2/c1-28-19(30)15(10-25)17(11-2-6-13(22)7-3-11)26-21(28)27-29-18(16(24)20(29)31)12-4-8-14(23)9-5-12/h2-9,16,18H,1H3,(H,26,27). The fourth-order valence-electron chi connectivity index (χ4n) is 3.28. The number of alkyl halides is 1. The van der Waals surface area contributed by atoms with E-state index < -0.39 is 17.0 Å². The average Bonchev–Trinajstić information content (AvgIpc) is 2.77. The van der Waals surface area contributed by atoms with Crippen molar-refractivity contribution >= 4 is 46.7 Å². The van der Waals surface area contributed by atoms with Crippen LogP contribution in [0.4, 0.5) is 5.95 Å². The summed E-state index contributed by atoms with van der Waals surface area (Å²) in [6.45, 7) is 0. The molecule has 0 spiro atoms. The molecule has 2 atom stereocenters. The zero-order valence-electron chi connectivity index (χ0n) is 16.0. The summed E-state index contributed by atoms with van der Waals surface area (Å²) in [6, 6.07) is 15.0. The molecule has 4 rings (SSSR count). The van der Waals surface area contributed by atoms with Crippen LogP contribution in [-0.2, 0) is 11.8 Å². The second kappa shape index (κ2) is 8.23. The number of carbonyl (C=O) groups is 1. The van der Waals surface area contributed by atoms with Gasteiger partial charge in [0.2, 0.25) is 5.95 Å². The van der Waals surface area contributed by atoms with Crippen molar-refractivity contribution in [1.29, 1.82) is 5.26 Å². The van der Waals surface area contributed by atoms with Crippen LogP contribution in [0.3, 0.4) is 0 Å². The first-order chi connectivity index (χ1) is 14.8. The van der Waals surface area contributed by atoms with E-state index in [4.69, 9.17) is 34.8 Å². The summed E-state index contributed by atoms with van der Waals surface area (Å²) in [7, 11) is 1.46. The minimum Gasteiger partial charge on any atom is -0.279 e. The van der Waals surface area contributed by atoms with Gasteiger partial charge in [-0.25, -0.2) is 9.99 Å². The summed E-state index contributed by atoms with van der Waals surface area (Å²) in [5, 5.41) is 11.1. The topological polar surface area (TPSA) is 91.0 Å². The van der Waals surface area contributed by atoms with Crippen molar-refractivity contribution in [1.82, 2.24) is 14.6 Å². The van der Waals surface area contributed by atoms with Crippen LogP contribution in [0.5, 0.6) is 0 Å². The van der Waals surface area contributed by atoms with Gasteiger partial charge in [-0.2, -0.15) is 5.26 Å². The van der Waals surface area contributed by atoms with Crippen molar-refractivity contribution in [3.05, 3.63) is 80.1 Å². The van der Waals surface area contributed by atoms with E-state index in [1.54, 1.807) is 48.5 Å². The van der Waals surface area contributed by atoms with Crippen molar-refractivity contribution in [3.8, 4) is 17.3 Å². The third kappa shape index (κ3) is 3.74. The van der Waals surface area contributed by atoms with E-state index in [0.717, 1.165) is 5.56 Å². The Morgan fingerprint density at radius 2 is 1.61 bits per heavy atom. The molecule has 31 heavy (non-hydrogen) atoms. The third-order valence-corrected chi connectivity index (χ3v) is 5.91. The Balaban J connectivity index is 1.75. The van der Waals surface area contributed by atoms with E-state index in [2.05, 4.69) is 10.4 Å². The van der Waals surface area contributed by atoms with Crippen molar-refractivity contribution in [2.45, 2.75) is 11.4 Å². The highest BCUT2D eigenvalue weighted by molar-refractivity contribution is 6.34. The molecule has 1 amide bonds. The van der Waals surface area contributed by atoms with Crippen molar-refractivity contribution in [2.24, 2.45) is 7.05 Å². The first-order valence-electron chi connectivity index (χ1n) is 9.08. The number of nitrogens with one attached hydrogen (secondary N) is 1. The maximum atomic E-state index is 12.8. The van der Waals surface area contributed by atoms with E-state index in [9.17, 15) is 14.9 Å². The fraction of sp³-hybridized carbons (Fsp3) is 0.143. The zero-order valence-corrected chi connectivity index (χ0v) is 18.3. The molecule has 1 aromatic heterocycles. The molecule has 1 saturated heterocycles. The number of rotatable bonds is 4. The van der Waals surface area contributed by atoms with Crippen LogP contribution in [-0.4, -0.2) is 25.8 Å². The molecular formula is C21H14Cl3N5O2. The van der Waals surface area contributed by atoms with Crippen LogP contribution in [0.2, 0.25) is 10.0 Å². The molecule has 7 nitrogen and oxygen atoms in total. The number of benzene rings is 2. The number of hydrazine groups is 1. The first-order valence-corrected chi connectivity index (χ1v) is 10.3. The molecule has 2 unspecified atom stereocenters. The highest BCUT2D eigenvalue weighted by Gasteiger charge is 2.48. The lowest BCUT2D eigenvalue weighted by molar-refractivity contribution is -0.143. The minimum atomic E-state index is -0.778. The van der Waals surface area contributed by atoms with Gasteiger partial charge >= 0.3 is 0 Å². The number of hydrogen-bond acceptors (Lipinski definition) is 5. The third-order valence-electron chi connectivity index (χ3n) is 4.98. The van der Waals surface area contributed by atoms with Gasteiger partial charge < -0.3 is 0 Å². The molecule has 0 radical (unpaired) electrons. The molecule has 1 N–H and O–H groups in total. The van der Waals surface area contributed by atoms with Gasteiger partial charge in [-0.1, -0.05) is 47.5 Å². The normalized spacial score (nSPS) is 17.8. The van der Waals surface area contributed by atoms with Crippen LogP contribution in [0, 0.1) is 11.3 Å². The Bertz CT molecular complexity index is 1270. The minimum absolute atomic E-state index is 0.0878. The van der Waals surface area contributed by atoms with Crippen LogP contribution >= 0.6 is 34.8 Å². The number of amides is 1. The lowest BCUT2D eigenvalue weighted by Crippen LogP contribution is -2.59. The van der Waals surface area contributed by atoms with Gasteiger partial charge in [0.15, 0.2) is 0 Å². The van der Waals surface area contributed by atoms with E-state index in [0.29, 0.717) is 15.6 Å². The first kappa shape index (κ1) is 21.2. The van der Waals surface area contributed by atoms with Gasteiger partial charge in [-0.05, 0) is 29.8 Å². The molecule has 0 aliphatic carbocycles. The Hall–Kier alpha value is -3.05. The monoisotopic (exact) mass is 473 g/mol. The number of β-lactam (4-membered cyclic amide) rings is 1. The van der Waals surface area contributed by atoms with Crippen molar-refractivity contribution < 1.29 is 4.79 Å². The van der Waals surface area contributed by atoms with Gasteiger partial charge in [0.1, 0.15) is 23.1 Å². The van der Waals surface area contributed by atoms with Gasteiger partial charge in [-0.15, -0.1) is 11.6 Å². The molecule has 3 aromatic rings. The molecular weight excluding hydrogens is 461 g/mol. The number of nitriles is 1. The van der Waals surface area contributed by atoms with Gasteiger partial charge in [-0.3, -0.25) is 19.6 Å². The lowest BCUT2D eigenvalue weighted by Gasteiger charge is -2.44. The number of aromatic nitrogens is 2. The van der Waals surface area contributed by atoms with Crippen LogP contribution in [0.15, 0.2) is 53.3 Å². The van der Waals surface area contributed by atoms with Crippen molar-refractivity contribution in [2.75, 3.05) is 5.43 Å². The van der Waals surface area contributed by atoms with E-state index in [-0.39, 0.29) is 23.1 Å². The summed E-state index contributed by atoms with van der Waals surface area (Å²) < 4.78 is 1.17. The van der Waals surface area contributed by atoms with Crippen LogP contribution < -0.4 is 11.0 Å². The molecule has 1 fully saturated rings. The Morgan fingerprint density at radius 3 is 2.19 bits per heavy atom. The number of carbonyl (C=O) groups excluding carboxylic acids is 1.